The Bertz CT molecular complexity index is 536. The van der Waals surface area contributed by atoms with E-state index in [1.54, 1.807) is 0 Å². The van der Waals surface area contributed by atoms with Gasteiger partial charge in [0.25, 0.3) is 5.91 Å². The molecule has 5 nitrogen and oxygen atoms in total. The molecule has 0 radical (unpaired) electrons. The summed E-state index contributed by atoms with van der Waals surface area (Å²) in [6.07, 6.45) is 7.06. The highest BCUT2D eigenvalue weighted by atomic mass is 16.2. The van der Waals surface area contributed by atoms with Crippen LogP contribution in [0.1, 0.15) is 42.2 Å². The van der Waals surface area contributed by atoms with Gasteiger partial charge < -0.3 is 15.2 Å². The van der Waals surface area contributed by atoms with Gasteiger partial charge in [0, 0.05) is 45.0 Å². The van der Waals surface area contributed by atoms with Gasteiger partial charge in [-0.2, -0.15) is 0 Å². The second kappa shape index (κ2) is 5.05. The Labute approximate surface area is 125 Å². The number of carbonyl (C=O) groups is 1. The van der Waals surface area contributed by atoms with E-state index < -0.39 is 0 Å². The van der Waals surface area contributed by atoms with Crippen LogP contribution in [0.15, 0.2) is 12.3 Å². The van der Waals surface area contributed by atoms with E-state index in [0.717, 1.165) is 37.8 Å². The smallest absolute Gasteiger partial charge is 0.270 e. The lowest BCUT2D eigenvalue weighted by Gasteiger charge is -2.34. The van der Waals surface area contributed by atoms with Crippen LogP contribution >= 0.6 is 0 Å². The summed E-state index contributed by atoms with van der Waals surface area (Å²) in [7, 11) is 0. The number of rotatable bonds is 4. The molecule has 2 saturated carbocycles. The van der Waals surface area contributed by atoms with E-state index in [2.05, 4.69) is 9.47 Å². The molecule has 5 heteroatoms. The molecule has 114 valence electrons. The van der Waals surface area contributed by atoms with Crippen LogP contribution in [0.25, 0.3) is 0 Å². The number of nitrogen functional groups attached to an aromatic ring is 1. The highest BCUT2D eigenvalue weighted by molar-refractivity contribution is 5.94. The summed E-state index contributed by atoms with van der Waals surface area (Å²) in [6.45, 7) is 4.96. The molecule has 2 heterocycles. The van der Waals surface area contributed by atoms with E-state index in [-0.39, 0.29) is 5.91 Å². The highest BCUT2D eigenvalue weighted by Crippen LogP contribution is 2.37. The maximum Gasteiger partial charge on any atom is 0.270 e. The van der Waals surface area contributed by atoms with Gasteiger partial charge in [-0.05, 0) is 37.7 Å². The average molecular weight is 288 g/mol. The van der Waals surface area contributed by atoms with Crippen molar-refractivity contribution in [1.82, 2.24) is 14.4 Å². The molecule has 0 unspecified atom stereocenters. The second-order valence-electron chi connectivity index (χ2n) is 6.83. The minimum Gasteiger partial charge on any atom is -0.397 e. The molecule has 21 heavy (non-hydrogen) atoms. The summed E-state index contributed by atoms with van der Waals surface area (Å²) >= 11 is 0. The normalized spacial score (nSPS) is 23.5. The van der Waals surface area contributed by atoms with Gasteiger partial charge in [0.15, 0.2) is 0 Å². The first-order chi connectivity index (χ1) is 10.2. The summed E-state index contributed by atoms with van der Waals surface area (Å²) in [4.78, 5) is 17.2. The maximum atomic E-state index is 12.7. The molecule has 1 aliphatic heterocycles. The largest absolute Gasteiger partial charge is 0.397 e. The molecule has 1 amide bonds. The number of hydrogen-bond acceptors (Lipinski definition) is 3. The zero-order valence-electron chi connectivity index (χ0n) is 12.5. The van der Waals surface area contributed by atoms with Gasteiger partial charge in [-0.1, -0.05) is 0 Å². The van der Waals surface area contributed by atoms with Crippen molar-refractivity contribution in [2.75, 3.05) is 38.5 Å². The summed E-state index contributed by atoms with van der Waals surface area (Å²) in [5, 5.41) is 0. The lowest BCUT2D eigenvalue weighted by Crippen LogP contribution is -2.49. The molecule has 0 spiro atoms. The first-order valence-corrected chi connectivity index (χ1v) is 8.19. The van der Waals surface area contributed by atoms with E-state index in [4.69, 9.17) is 5.73 Å². The van der Waals surface area contributed by atoms with Gasteiger partial charge in [-0.25, -0.2) is 0 Å². The summed E-state index contributed by atoms with van der Waals surface area (Å²) in [5.74, 6) is 1.09. The number of amides is 1. The summed E-state index contributed by atoms with van der Waals surface area (Å²) in [5.41, 5.74) is 7.39. The van der Waals surface area contributed by atoms with Crippen LogP contribution in [0.4, 0.5) is 5.69 Å². The molecule has 1 aromatic rings. The zero-order chi connectivity index (χ0) is 14.4. The van der Waals surface area contributed by atoms with Crippen LogP contribution in [-0.4, -0.2) is 53.0 Å². The van der Waals surface area contributed by atoms with E-state index in [9.17, 15) is 4.79 Å². The van der Waals surface area contributed by atoms with Crippen molar-refractivity contribution in [3.8, 4) is 0 Å². The SMILES string of the molecule is Nc1cc(C(=O)N2CCN(CC3CC3)CC2)n(C2CC2)c1. The number of piperazine rings is 1. The Hall–Kier alpha value is -1.49. The molecule has 2 aliphatic carbocycles. The minimum atomic E-state index is 0.157. The second-order valence-corrected chi connectivity index (χ2v) is 6.83. The predicted octanol–water partition coefficient (Wildman–Crippen LogP) is 1.57. The molecular weight excluding hydrogens is 264 g/mol. The lowest BCUT2D eigenvalue weighted by atomic mass is 10.2. The summed E-state index contributed by atoms with van der Waals surface area (Å²) < 4.78 is 2.09. The van der Waals surface area contributed by atoms with Crippen LogP contribution in [0.5, 0.6) is 0 Å². The van der Waals surface area contributed by atoms with Gasteiger partial charge in [0.05, 0.1) is 5.69 Å². The van der Waals surface area contributed by atoms with Crippen molar-refractivity contribution in [1.29, 1.82) is 0 Å². The number of anilines is 1. The standard InChI is InChI=1S/C16H24N4O/c17-13-9-15(20(11-13)14-3-4-14)16(21)19-7-5-18(6-8-19)10-12-1-2-12/h9,11-12,14H,1-8,10,17H2. The monoisotopic (exact) mass is 288 g/mol. The van der Waals surface area contributed by atoms with Gasteiger partial charge in [-0.15, -0.1) is 0 Å². The molecule has 0 bridgehead atoms. The van der Waals surface area contributed by atoms with E-state index >= 15 is 0 Å². The number of nitrogens with two attached hydrogens (primary N) is 1. The fraction of sp³-hybridized carbons (Fsp3) is 0.688. The summed E-state index contributed by atoms with van der Waals surface area (Å²) in [6, 6.07) is 2.34. The molecule has 0 aromatic carbocycles. The third-order valence-corrected chi connectivity index (χ3v) is 4.90. The number of aromatic nitrogens is 1. The van der Waals surface area contributed by atoms with Crippen molar-refractivity contribution < 1.29 is 4.79 Å². The molecule has 2 N–H and O–H groups in total. The van der Waals surface area contributed by atoms with Gasteiger partial charge in [0.1, 0.15) is 5.69 Å². The predicted molar refractivity (Wildman–Crippen MR) is 82.2 cm³/mol. The first kappa shape index (κ1) is 13.2. The van der Waals surface area contributed by atoms with E-state index in [0.29, 0.717) is 11.7 Å². The molecule has 0 atom stereocenters. The van der Waals surface area contributed by atoms with Crippen LogP contribution < -0.4 is 5.73 Å². The van der Waals surface area contributed by atoms with Crippen molar-refractivity contribution in [3.63, 3.8) is 0 Å². The Morgan fingerprint density at radius 2 is 1.86 bits per heavy atom. The quantitative estimate of drug-likeness (QED) is 0.915. The van der Waals surface area contributed by atoms with Crippen molar-refractivity contribution in [2.45, 2.75) is 31.7 Å². The molecule has 3 fully saturated rings. The maximum absolute atomic E-state index is 12.7. The highest BCUT2D eigenvalue weighted by Gasteiger charge is 2.31. The van der Waals surface area contributed by atoms with Crippen LogP contribution in [0.2, 0.25) is 0 Å². The molecule has 4 rings (SSSR count). The minimum absolute atomic E-state index is 0.157. The fourth-order valence-electron chi connectivity index (χ4n) is 3.29. The Kier molecular flexibility index (Phi) is 3.17. The first-order valence-electron chi connectivity index (χ1n) is 8.19. The molecule has 3 aliphatic rings. The van der Waals surface area contributed by atoms with Crippen molar-refractivity contribution in [2.24, 2.45) is 5.92 Å². The van der Waals surface area contributed by atoms with Crippen molar-refractivity contribution in [3.05, 3.63) is 18.0 Å². The fourth-order valence-corrected chi connectivity index (χ4v) is 3.29. The topological polar surface area (TPSA) is 54.5 Å². The van der Waals surface area contributed by atoms with Gasteiger partial charge in [-0.3, -0.25) is 9.69 Å². The van der Waals surface area contributed by atoms with E-state index in [1.807, 2.05) is 17.2 Å². The zero-order valence-corrected chi connectivity index (χ0v) is 12.5. The Balaban J connectivity index is 1.41. The molecule has 1 saturated heterocycles. The van der Waals surface area contributed by atoms with Gasteiger partial charge in [0.2, 0.25) is 0 Å². The van der Waals surface area contributed by atoms with Crippen LogP contribution in [0.3, 0.4) is 0 Å². The third kappa shape index (κ3) is 2.79. The van der Waals surface area contributed by atoms with Crippen LogP contribution in [0, 0.1) is 5.92 Å². The van der Waals surface area contributed by atoms with Crippen LogP contribution in [-0.2, 0) is 0 Å². The number of carbonyl (C=O) groups excluding carboxylic acids is 1. The van der Waals surface area contributed by atoms with Gasteiger partial charge >= 0.3 is 0 Å². The van der Waals surface area contributed by atoms with E-state index in [1.165, 1.54) is 32.2 Å². The third-order valence-electron chi connectivity index (χ3n) is 4.90. The van der Waals surface area contributed by atoms with Crippen molar-refractivity contribution >= 4 is 11.6 Å². The average Bonchev–Trinajstić information content (AvgIpc) is 3.39. The Morgan fingerprint density at radius 3 is 2.48 bits per heavy atom. The number of hydrogen-bond donors (Lipinski definition) is 1. The lowest BCUT2D eigenvalue weighted by molar-refractivity contribution is 0.0621. The molecular formula is C16H24N4O. The number of nitrogens with zero attached hydrogens (tertiary/aromatic N) is 3. The molecule has 1 aromatic heterocycles. The Morgan fingerprint density at radius 1 is 1.14 bits per heavy atom.